The van der Waals surface area contributed by atoms with Crippen LogP contribution in [0.5, 0.6) is 0 Å². The fourth-order valence-electron chi connectivity index (χ4n) is 2.83. The minimum atomic E-state index is -0.675. The molecular formula is C18H17NO5. The number of Topliss-reactive ketones (excluding diaryl/α,β-unsaturated/α-hetero) is 1. The summed E-state index contributed by atoms with van der Waals surface area (Å²) in [4.78, 5) is 26.6. The summed E-state index contributed by atoms with van der Waals surface area (Å²) in [5, 5.41) is 10.3. The van der Waals surface area contributed by atoms with Crippen molar-refractivity contribution in [1.29, 1.82) is 0 Å². The standard InChI is InChI=1S/C18H17NO5/c1-23-11-9-19-15(12-6-3-2-4-7-12)14(17(21)18(19)22)16(20)13-8-5-10-24-13/h2-8,10,15,21H,9,11H2,1H3/t15-/m0/s1. The van der Waals surface area contributed by atoms with Crippen LogP contribution in [0.25, 0.3) is 0 Å². The minimum absolute atomic E-state index is 0.0252. The van der Waals surface area contributed by atoms with E-state index in [1.54, 1.807) is 6.07 Å². The molecule has 0 spiro atoms. The maximum Gasteiger partial charge on any atom is 0.290 e. The van der Waals surface area contributed by atoms with Crippen molar-refractivity contribution < 1.29 is 23.8 Å². The van der Waals surface area contributed by atoms with Gasteiger partial charge in [-0.2, -0.15) is 0 Å². The molecule has 24 heavy (non-hydrogen) atoms. The SMILES string of the molecule is COCCN1C(=O)C(O)=C(C(=O)c2ccco2)[C@@H]1c1ccccc1. The Morgan fingerprint density at radius 3 is 2.62 bits per heavy atom. The van der Waals surface area contributed by atoms with Crippen molar-refractivity contribution in [3.05, 3.63) is 71.4 Å². The predicted octanol–water partition coefficient (Wildman–Crippen LogP) is 2.50. The lowest BCUT2D eigenvalue weighted by molar-refractivity contribution is -0.130. The molecule has 1 aromatic carbocycles. The average molecular weight is 327 g/mol. The molecular weight excluding hydrogens is 310 g/mol. The van der Waals surface area contributed by atoms with E-state index in [4.69, 9.17) is 9.15 Å². The summed E-state index contributed by atoms with van der Waals surface area (Å²) in [5.41, 5.74) is 0.762. The highest BCUT2D eigenvalue weighted by atomic mass is 16.5. The Hall–Kier alpha value is -2.86. The number of amides is 1. The summed E-state index contributed by atoms with van der Waals surface area (Å²) in [6.45, 7) is 0.554. The minimum Gasteiger partial charge on any atom is -0.503 e. The third-order valence-corrected chi connectivity index (χ3v) is 3.94. The zero-order chi connectivity index (χ0) is 17.1. The summed E-state index contributed by atoms with van der Waals surface area (Å²) in [6.07, 6.45) is 1.38. The first kappa shape index (κ1) is 16.0. The van der Waals surface area contributed by atoms with Gasteiger partial charge < -0.3 is 19.2 Å². The Morgan fingerprint density at radius 2 is 2.00 bits per heavy atom. The Balaban J connectivity index is 2.06. The predicted molar refractivity (Wildman–Crippen MR) is 85.5 cm³/mol. The monoisotopic (exact) mass is 327 g/mol. The Morgan fingerprint density at radius 1 is 1.25 bits per heavy atom. The second kappa shape index (κ2) is 6.72. The van der Waals surface area contributed by atoms with Gasteiger partial charge in [-0.3, -0.25) is 9.59 Å². The van der Waals surface area contributed by atoms with Crippen molar-refractivity contribution in [3.8, 4) is 0 Å². The third-order valence-electron chi connectivity index (χ3n) is 3.94. The fourth-order valence-corrected chi connectivity index (χ4v) is 2.83. The zero-order valence-corrected chi connectivity index (χ0v) is 13.1. The second-order valence-electron chi connectivity index (χ2n) is 5.37. The van der Waals surface area contributed by atoms with Gasteiger partial charge in [-0.05, 0) is 17.7 Å². The smallest absolute Gasteiger partial charge is 0.290 e. The number of ether oxygens (including phenoxy) is 1. The van der Waals surface area contributed by atoms with Crippen LogP contribution in [0.1, 0.15) is 22.2 Å². The molecule has 0 unspecified atom stereocenters. The van der Waals surface area contributed by atoms with Gasteiger partial charge in [0.2, 0.25) is 5.78 Å². The number of hydrogen-bond acceptors (Lipinski definition) is 5. The van der Waals surface area contributed by atoms with E-state index >= 15 is 0 Å². The highest BCUT2D eigenvalue weighted by molar-refractivity contribution is 6.14. The lowest BCUT2D eigenvalue weighted by Gasteiger charge is -2.26. The summed E-state index contributed by atoms with van der Waals surface area (Å²) in [5.74, 6) is -1.55. The van der Waals surface area contributed by atoms with Crippen molar-refractivity contribution in [2.75, 3.05) is 20.3 Å². The molecule has 124 valence electrons. The molecule has 1 aliphatic heterocycles. The van der Waals surface area contributed by atoms with E-state index in [9.17, 15) is 14.7 Å². The van der Waals surface area contributed by atoms with Gasteiger partial charge in [0.05, 0.1) is 24.5 Å². The van der Waals surface area contributed by atoms with Crippen LogP contribution < -0.4 is 0 Å². The Labute approximate surface area is 138 Å². The molecule has 0 radical (unpaired) electrons. The summed E-state index contributed by atoms with van der Waals surface area (Å²) in [7, 11) is 1.53. The van der Waals surface area contributed by atoms with E-state index in [1.807, 2.05) is 30.3 Å². The number of furan rings is 1. The molecule has 0 bridgehead atoms. The van der Waals surface area contributed by atoms with E-state index in [-0.39, 0.29) is 17.9 Å². The molecule has 0 saturated heterocycles. The molecule has 2 heterocycles. The van der Waals surface area contributed by atoms with Gasteiger partial charge in [-0.1, -0.05) is 30.3 Å². The number of carbonyl (C=O) groups is 2. The van der Waals surface area contributed by atoms with E-state index in [1.165, 1.54) is 24.3 Å². The molecule has 3 rings (SSSR count). The number of aliphatic hydroxyl groups excluding tert-OH is 1. The molecule has 1 aromatic heterocycles. The Kier molecular flexibility index (Phi) is 4.48. The lowest BCUT2D eigenvalue weighted by atomic mass is 9.95. The first-order valence-electron chi connectivity index (χ1n) is 7.51. The molecule has 1 amide bonds. The van der Waals surface area contributed by atoms with Gasteiger partial charge in [0.1, 0.15) is 0 Å². The van der Waals surface area contributed by atoms with Crippen molar-refractivity contribution in [1.82, 2.24) is 4.90 Å². The van der Waals surface area contributed by atoms with E-state index < -0.39 is 23.5 Å². The third kappa shape index (κ3) is 2.72. The van der Waals surface area contributed by atoms with Crippen LogP contribution in [0.15, 0.2) is 64.5 Å². The number of ketones is 1. The average Bonchev–Trinajstić information content (AvgIpc) is 3.22. The second-order valence-corrected chi connectivity index (χ2v) is 5.37. The maximum absolute atomic E-state index is 12.7. The van der Waals surface area contributed by atoms with E-state index in [2.05, 4.69) is 0 Å². The molecule has 6 heteroatoms. The van der Waals surface area contributed by atoms with Gasteiger partial charge >= 0.3 is 0 Å². The van der Waals surface area contributed by atoms with Gasteiger partial charge in [-0.25, -0.2) is 0 Å². The van der Waals surface area contributed by atoms with Gasteiger partial charge in [0.15, 0.2) is 11.5 Å². The fraction of sp³-hybridized carbons (Fsp3) is 0.222. The van der Waals surface area contributed by atoms with Crippen LogP contribution in [0.2, 0.25) is 0 Å². The molecule has 1 aliphatic rings. The lowest BCUT2D eigenvalue weighted by Crippen LogP contribution is -2.33. The van der Waals surface area contributed by atoms with Gasteiger partial charge in [0, 0.05) is 13.7 Å². The summed E-state index contributed by atoms with van der Waals surface area (Å²) in [6, 6.07) is 11.5. The van der Waals surface area contributed by atoms with Crippen molar-refractivity contribution in [2.24, 2.45) is 0 Å². The van der Waals surface area contributed by atoms with E-state index in [0.717, 1.165) is 5.56 Å². The zero-order valence-electron chi connectivity index (χ0n) is 13.1. The molecule has 1 N–H and O–H groups in total. The first-order chi connectivity index (χ1) is 11.6. The van der Waals surface area contributed by atoms with Crippen LogP contribution in [0.3, 0.4) is 0 Å². The largest absolute Gasteiger partial charge is 0.503 e. The Bertz CT molecular complexity index is 764. The number of methoxy groups -OCH3 is 1. The van der Waals surface area contributed by atoms with Crippen LogP contribution in [-0.4, -0.2) is 42.0 Å². The summed E-state index contributed by atoms with van der Waals surface area (Å²) < 4.78 is 10.2. The van der Waals surface area contributed by atoms with Gasteiger partial charge in [-0.15, -0.1) is 0 Å². The molecule has 0 saturated carbocycles. The number of nitrogens with zero attached hydrogens (tertiary/aromatic N) is 1. The number of rotatable bonds is 6. The van der Waals surface area contributed by atoms with Crippen LogP contribution >= 0.6 is 0 Å². The molecule has 0 aliphatic carbocycles. The molecule has 0 fully saturated rings. The molecule has 2 aromatic rings. The van der Waals surface area contributed by atoms with Crippen LogP contribution in [0, 0.1) is 0 Å². The molecule has 1 atom stereocenters. The van der Waals surface area contributed by atoms with Crippen molar-refractivity contribution in [3.63, 3.8) is 0 Å². The first-order valence-corrected chi connectivity index (χ1v) is 7.51. The highest BCUT2D eigenvalue weighted by Gasteiger charge is 2.44. The number of hydrogen-bond donors (Lipinski definition) is 1. The molecule has 6 nitrogen and oxygen atoms in total. The topological polar surface area (TPSA) is 80.0 Å². The number of aliphatic hydroxyl groups is 1. The van der Waals surface area contributed by atoms with Crippen LogP contribution in [-0.2, 0) is 9.53 Å². The normalized spacial score (nSPS) is 17.6. The maximum atomic E-state index is 12.7. The van der Waals surface area contributed by atoms with E-state index in [0.29, 0.717) is 6.61 Å². The highest BCUT2D eigenvalue weighted by Crippen LogP contribution is 2.38. The summed E-state index contributed by atoms with van der Waals surface area (Å²) >= 11 is 0. The van der Waals surface area contributed by atoms with Crippen molar-refractivity contribution in [2.45, 2.75) is 6.04 Å². The quantitative estimate of drug-likeness (QED) is 0.825. The number of benzene rings is 1. The number of carbonyl (C=O) groups excluding carboxylic acids is 2. The van der Waals surface area contributed by atoms with Crippen molar-refractivity contribution >= 4 is 11.7 Å². The van der Waals surface area contributed by atoms with Crippen LogP contribution in [0.4, 0.5) is 0 Å². The van der Waals surface area contributed by atoms with Gasteiger partial charge in [0.25, 0.3) is 5.91 Å².